The lowest BCUT2D eigenvalue weighted by Gasteiger charge is -2.21. The molecule has 1 aliphatic carbocycles. The van der Waals surface area contributed by atoms with Gasteiger partial charge in [-0.25, -0.2) is 0 Å². The highest BCUT2D eigenvalue weighted by Crippen LogP contribution is 2.27. The Morgan fingerprint density at radius 3 is 2.73 bits per heavy atom. The predicted molar refractivity (Wildman–Crippen MR) is 58.5 cm³/mol. The number of allylic oxidation sites excluding steroid dienone is 3. The van der Waals surface area contributed by atoms with Crippen molar-refractivity contribution in [3.05, 3.63) is 23.0 Å². The first-order valence-corrected chi connectivity index (χ1v) is 5.21. The van der Waals surface area contributed by atoms with E-state index in [-0.39, 0.29) is 30.5 Å². The molecular formula is C12H18O3. The Kier molecular flexibility index (Phi) is 4.09. The minimum Gasteiger partial charge on any atom is -0.512 e. The lowest BCUT2D eigenvalue weighted by molar-refractivity contribution is -0.123. The van der Waals surface area contributed by atoms with E-state index in [2.05, 4.69) is 0 Å². The van der Waals surface area contributed by atoms with Gasteiger partial charge in [-0.2, -0.15) is 0 Å². The number of rotatable bonds is 3. The molecule has 0 bridgehead atoms. The molecule has 0 radical (unpaired) electrons. The summed E-state index contributed by atoms with van der Waals surface area (Å²) in [6.07, 6.45) is 3.31. The number of aliphatic hydroxyl groups is 2. The number of carbonyl (C=O) groups is 1. The number of Topliss-reactive ketones (excluding diaryl/α,β-unsaturated/α-hetero) is 1. The van der Waals surface area contributed by atoms with Crippen molar-refractivity contribution < 1.29 is 15.0 Å². The minimum atomic E-state index is -0.148. The summed E-state index contributed by atoms with van der Waals surface area (Å²) in [6.45, 7) is 3.84. The van der Waals surface area contributed by atoms with Gasteiger partial charge in [-0.05, 0) is 32.3 Å². The summed E-state index contributed by atoms with van der Waals surface area (Å²) in [5.41, 5.74) is 1.80. The molecule has 0 heterocycles. The Morgan fingerprint density at radius 1 is 1.53 bits per heavy atom. The van der Waals surface area contributed by atoms with Gasteiger partial charge < -0.3 is 10.2 Å². The van der Waals surface area contributed by atoms with Gasteiger partial charge in [-0.15, -0.1) is 0 Å². The van der Waals surface area contributed by atoms with Crippen LogP contribution in [0.4, 0.5) is 0 Å². The van der Waals surface area contributed by atoms with Crippen molar-refractivity contribution in [2.45, 2.75) is 33.1 Å². The van der Waals surface area contributed by atoms with E-state index in [0.717, 1.165) is 0 Å². The van der Waals surface area contributed by atoms with E-state index < -0.39 is 0 Å². The highest BCUT2D eigenvalue weighted by molar-refractivity contribution is 5.84. The smallest absolute Gasteiger partial charge is 0.144 e. The number of aliphatic hydroxyl groups excluding tert-OH is 2. The lowest BCUT2D eigenvalue weighted by atomic mass is 9.84. The summed E-state index contributed by atoms with van der Waals surface area (Å²) in [6, 6.07) is 0. The molecule has 0 aromatic heterocycles. The molecule has 1 aliphatic rings. The second kappa shape index (κ2) is 5.12. The zero-order valence-corrected chi connectivity index (χ0v) is 9.29. The van der Waals surface area contributed by atoms with Crippen LogP contribution in [0.15, 0.2) is 23.0 Å². The standard InChI is InChI=1S/C12H18O3/c1-8(2)3-4-9-5-10(7-13)12(15)6-11(9)14/h3,9,13,15H,4-7H2,1-2H3. The van der Waals surface area contributed by atoms with Crippen molar-refractivity contribution >= 4 is 5.78 Å². The van der Waals surface area contributed by atoms with E-state index >= 15 is 0 Å². The summed E-state index contributed by atoms with van der Waals surface area (Å²) < 4.78 is 0. The number of carbonyl (C=O) groups excluding carboxylic acids is 1. The van der Waals surface area contributed by atoms with Crippen LogP contribution in [0.25, 0.3) is 0 Å². The molecule has 0 aromatic carbocycles. The fraction of sp³-hybridized carbons (Fsp3) is 0.583. The SMILES string of the molecule is CC(C)=CCC1CC(CO)=C(O)CC1=O. The van der Waals surface area contributed by atoms with Crippen molar-refractivity contribution in [2.24, 2.45) is 5.92 Å². The average Bonchev–Trinajstić information content (AvgIpc) is 2.16. The Labute approximate surface area is 90.1 Å². The molecule has 15 heavy (non-hydrogen) atoms. The van der Waals surface area contributed by atoms with Crippen LogP contribution in [-0.4, -0.2) is 22.6 Å². The highest BCUT2D eigenvalue weighted by Gasteiger charge is 2.26. The van der Waals surface area contributed by atoms with Crippen LogP contribution in [0.2, 0.25) is 0 Å². The third-order valence-electron chi connectivity index (χ3n) is 2.70. The Hall–Kier alpha value is -1.09. The van der Waals surface area contributed by atoms with E-state index in [4.69, 9.17) is 5.11 Å². The first-order chi connectivity index (χ1) is 7.04. The summed E-state index contributed by atoms with van der Waals surface area (Å²) in [5.74, 6) is 0.0658. The van der Waals surface area contributed by atoms with Gasteiger partial charge in [0.2, 0.25) is 0 Å². The van der Waals surface area contributed by atoms with Gasteiger partial charge in [-0.3, -0.25) is 4.79 Å². The lowest BCUT2D eigenvalue weighted by Crippen LogP contribution is -2.22. The molecule has 1 atom stereocenters. The van der Waals surface area contributed by atoms with Gasteiger partial charge in [0, 0.05) is 5.92 Å². The van der Waals surface area contributed by atoms with Gasteiger partial charge in [0.15, 0.2) is 0 Å². The number of hydrogen-bond donors (Lipinski definition) is 2. The Morgan fingerprint density at radius 2 is 2.20 bits per heavy atom. The molecule has 0 aromatic rings. The van der Waals surface area contributed by atoms with Crippen LogP contribution in [0.3, 0.4) is 0 Å². The van der Waals surface area contributed by atoms with Gasteiger partial charge in [-0.1, -0.05) is 11.6 Å². The van der Waals surface area contributed by atoms with Crippen LogP contribution in [0.1, 0.15) is 33.1 Å². The van der Waals surface area contributed by atoms with Crippen molar-refractivity contribution in [1.29, 1.82) is 0 Å². The van der Waals surface area contributed by atoms with Crippen LogP contribution < -0.4 is 0 Å². The first-order valence-electron chi connectivity index (χ1n) is 5.21. The van der Waals surface area contributed by atoms with E-state index in [1.54, 1.807) is 0 Å². The number of ketones is 1. The molecule has 3 heteroatoms. The molecule has 2 N–H and O–H groups in total. The van der Waals surface area contributed by atoms with E-state index in [1.807, 2.05) is 19.9 Å². The van der Waals surface area contributed by atoms with Crippen molar-refractivity contribution in [3.63, 3.8) is 0 Å². The van der Waals surface area contributed by atoms with E-state index in [9.17, 15) is 9.90 Å². The van der Waals surface area contributed by atoms with Gasteiger partial charge >= 0.3 is 0 Å². The first kappa shape index (κ1) is 12.0. The Balaban J connectivity index is 2.70. The van der Waals surface area contributed by atoms with Crippen LogP contribution in [0, 0.1) is 5.92 Å². The maximum atomic E-state index is 11.6. The molecule has 0 amide bonds. The van der Waals surface area contributed by atoms with Crippen LogP contribution >= 0.6 is 0 Å². The monoisotopic (exact) mass is 210 g/mol. The molecule has 0 spiro atoms. The van der Waals surface area contributed by atoms with Crippen molar-refractivity contribution in [1.82, 2.24) is 0 Å². The molecule has 0 saturated heterocycles. The molecule has 84 valence electrons. The molecule has 0 fully saturated rings. The van der Waals surface area contributed by atoms with Crippen LogP contribution in [-0.2, 0) is 4.79 Å². The van der Waals surface area contributed by atoms with E-state index in [1.165, 1.54) is 5.57 Å². The fourth-order valence-electron chi connectivity index (χ4n) is 1.71. The zero-order chi connectivity index (χ0) is 11.4. The summed E-state index contributed by atoms with van der Waals surface area (Å²) in [5, 5.41) is 18.4. The van der Waals surface area contributed by atoms with Gasteiger partial charge in [0.1, 0.15) is 11.5 Å². The number of hydrogen-bond acceptors (Lipinski definition) is 3. The maximum absolute atomic E-state index is 11.6. The highest BCUT2D eigenvalue weighted by atomic mass is 16.3. The van der Waals surface area contributed by atoms with Gasteiger partial charge in [0.25, 0.3) is 0 Å². The maximum Gasteiger partial charge on any atom is 0.144 e. The second-order valence-electron chi connectivity index (χ2n) is 4.27. The second-order valence-corrected chi connectivity index (χ2v) is 4.27. The average molecular weight is 210 g/mol. The molecule has 1 unspecified atom stereocenters. The molecule has 1 rings (SSSR count). The summed E-state index contributed by atoms with van der Waals surface area (Å²) >= 11 is 0. The fourth-order valence-corrected chi connectivity index (χ4v) is 1.71. The normalized spacial score (nSPS) is 21.8. The van der Waals surface area contributed by atoms with Crippen molar-refractivity contribution in [3.8, 4) is 0 Å². The topological polar surface area (TPSA) is 57.5 Å². The molecule has 0 aliphatic heterocycles. The predicted octanol–water partition coefficient (Wildman–Crippen LogP) is 2.13. The minimum absolute atomic E-state index is 0.0657. The molecular weight excluding hydrogens is 192 g/mol. The molecule has 3 nitrogen and oxygen atoms in total. The zero-order valence-electron chi connectivity index (χ0n) is 9.29. The summed E-state index contributed by atoms with van der Waals surface area (Å²) in [7, 11) is 0. The van der Waals surface area contributed by atoms with E-state index in [0.29, 0.717) is 18.4 Å². The van der Waals surface area contributed by atoms with Gasteiger partial charge in [0.05, 0.1) is 13.0 Å². The quantitative estimate of drug-likeness (QED) is 0.701. The third kappa shape index (κ3) is 3.20. The molecule has 0 saturated carbocycles. The third-order valence-corrected chi connectivity index (χ3v) is 2.70. The largest absolute Gasteiger partial charge is 0.512 e. The van der Waals surface area contributed by atoms with Crippen molar-refractivity contribution in [2.75, 3.05) is 6.61 Å². The Bertz CT molecular complexity index is 309. The van der Waals surface area contributed by atoms with Crippen LogP contribution in [0.5, 0.6) is 0 Å². The summed E-state index contributed by atoms with van der Waals surface area (Å²) in [4.78, 5) is 11.6.